The number of carbonyl (C=O) groups is 1. The summed E-state index contributed by atoms with van der Waals surface area (Å²) in [7, 11) is 0. The van der Waals surface area contributed by atoms with E-state index in [0.29, 0.717) is 11.6 Å². The molecule has 0 radical (unpaired) electrons. The molecular weight excluding hydrogens is 321 g/mol. The summed E-state index contributed by atoms with van der Waals surface area (Å²) >= 11 is 17.4. The number of halogens is 3. The topological polar surface area (TPSA) is 49.3 Å². The molecule has 0 aliphatic heterocycles. The minimum Gasteiger partial charge on any atom is -0.506 e. The third-order valence-electron chi connectivity index (χ3n) is 2.64. The zero-order valence-electron chi connectivity index (χ0n) is 10.2. The van der Waals surface area contributed by atoms with Gasteiger partial charge in [0.15, 0.2) is 0 Å². The number of amides is 1. The second-order valence-corrected chi connectivity index (χ2v) is 5.37. The number of aromatic hydroxyl groups is 1. The molecule has 0 aromatic heterocycles. The molecule has 2 N–H and O–H groups in total. The minimum absolute atomic E-state index is 0.0362. The first-order chi connectivity index (χ1) is 9.47. The molecule has 2 aromatic carbocycles. The lowest BCUT2D eigenvalue weighted by molar-refractivity contribution is 0.0948. The van der Waals surface area contributed by atoms with Crippen LogP contribution >= 0.6 is 34.8 Å². The molecule has 0 aliphatic carbocycles. The lowest BCUT2D eigenvalue weighted by Crippen LogP contribution is -2.22. The van der Waals surface area contributed by atoms with Crippen LogP contribution in [0, 0.1) is 0 Å². The molecule has 0 aliphatic rings. The first-order valence-corrected chi connectivity index (χ1v) is 6.81. The summed E-state index contributed by atoms with van der Waals surface area (Å²) in [4.78, 5) is 12.0. The van der Waals surface area contributed by atoms with Crippen molar-refractivity contribution in [1.82, 2.24) is 5.32 Å². The van der Waals surface area contributed by atoms with E-state index in [1.807, 2.05) is 0 Å². The van der Waals surface area contributed by atoms with Gasteiger partial charge in [-0.05, 0) is 29.8 Å². The number of phenols is 1. The first-order valence-electron chi connectivity index (χ1n) is 5.68. The van der Waals surface area contributed by atoms with Crippen molar-refractivity contribution in [1.29, 1.82) is 0 Å². The minimum atomic E-state index is -0.457. The number of rotatable bonds is 3. The second kappa shape index (κ2) is 6.35. The van der Waals surface area contributed by atoms with Crippen LogP contribution in [0.1, 0.15) is 15.9 Å². The molecule has 0 saturated carbocycles. The van der Waals surface area contributed by atoms with Crippen molar-refractivity contribution in [2.75, 3.05) is 0 Å². The Hall–Kier alpha value is -1.42. The number of hydrogen-bond acceptors (Lipinski definition) is 2. The van der Waals surface area contributed by atoms with E-state index in [0.717, 1.165) is 5.56 Å². The van der Waals surface area contributed by atoms with Crippen LogP contribution in [0.5, 0.6) is 5.75 Å². The van der Waals surface area contributed by atoms with E-state index in [-0.39, 0.29) is 21.4 Å². The fraction of sp³-hybridized carbons (Fsp3) is 0.0714. The molecule has 3 nitrogen and oxygen atoms in total. The van der Waals surface area contributed by atoms with Crippen LogP contribution in [0.25, 0.3) is 0 Å². The summed E-state index contributed by atoms with van der Waals surface area (Å²) in [6.07, 6.45) is 0. The highest BCUT2D eigenvalue weighted by molar-refractivity contribution is 6.36. The normalized spacial score (nSPS) is 10.3. The van der Waals surface area contributed by atoms with E-state index in [1.165, 1.54) is 12.1 Å². The predicted molar refractivity (Wildman–Crippen MR) is 80.7 cm³/mol. The second-order valence-electron chi connectivity index (χ2n) is 4.09. The number of nitrogens with one attached hydrogen (secondary N) is 1. The Morgan fingerprint density at radius 2 is 1.70 bits per heavy atom. The van der Waals surface area contributed by atoms with Gasteiger partial charge < -0.3 is 10.4 Å². The third kappa shape index (κ3) is 3.57. The standard InChI is InChI=1S/C14H10Cl3NO2/c15-9-3-1-8(2-4-9)7-18-14(20)11-5-10(16)6-12(17)13(11)19/h1-6,19H,7H2,(H,18,20). The monoisotopic (exact) mass is 329 g/mol. The molecule has 0 saturated heterocycles. The van der Waals surface area contributed by atoms with Gasteiger partial charge in [-0.1, -0.05) is 46.9 Å². The van der Waals surface area contributed by atoms with Gasteiger partial charge in [0.25, 0.3) is 5.91 Å². The Balaban J connectivity index is 2.11. The molecule has 0 spiro atoms. The van der Waals surface area contributed by atoms with Crippen molar-refractivity contribution in [3.8, 4) is 5.75 Å². The van der Waals surface area contributed by atoms with Gasteiger partial charge in [0.1, 0.15) is 5.75 Å². The van der Waals surface area contributed by atoms with E-state index in [1.54, 1.807) is 24.3 Å². The van der Waals surface area contributed by atoms with Crippen LogP contribution in [0.2, 0.25) is 15.1 Å². The Labute approximate surface area is 131 Å². The Bertz CT molecular complexity index is 642. The first kappa shape index (κ1) is 15.0. The summed E-state index contributed by atoms with van der Waals surface area (Å²) in [5.74, 6) is -0.744. The van der Waals surface area contributed by atoms with E-state index in [2.05, 4.69) is 5.32 Å². The molecule has 0 unspecified atom stereocenters. The Morgan fingerprint density at radius 1 is 1.05 bits per heavy atom. The summed E-state index contributed by atoms with van der Waals surface area (Å²) < 4.78 is 0. The summed E-state index contributed by atoms with van der Waals surface area (Å²) in [6.45, 7) is 0.305. The van der Waals surface area contributed by atoms with Crippen molar-refractivity contribution >= 4 is 40.7 Å². The molecule has 1 amide bonds. The van der Waals surface area contributed by atoms with Gasteiger partial charge in [0.2, 0.25) is 0 Å². The highest BCUT2D eigenvalue weighted by atomic mass is 35.5. The maximum atomic E-state index is 12.0. The molecule has 6 heteroatoms. The summed E-state index contributed by atoms with van der Waals surface area (Å²) in [5, 5.41) is 13.4. The average Bonchev–Trinajstić information content (AvgIpc) is 2.42. The molecule has 2 rings (SSSR count). The predicted octanol–water partition coefficient (Wildman–Crippen LogP) is 4.28. The molecule has 0 heterocycles. The van der Waals surface area contributed by atoms with Crippen molar-refractivity contribution in [2.45, 2.75) is 6.54 Å². The van der Waals surface area contributed by atoms with Crippen LogP contribution in [0.15, 0.2) is 36.4 Å². The van der Waals surface area contributed by atoms with Crippen LogP contribution in [0.4, 0.5) is 0 Å². The number of phenolic OH excluding ortho intramolecular Hbond substituents is 1. The number of hydrogen-bond donors (Lipinski definition) is 2. The summed E-state index contributed by atoms with van der Waals surface area (Å²) in [5.41, 5.74) is 0.923. The molecule has 0 atom stereocenters. The number of carbonyl (C=O) groups excluding carboxylic acids is 1. The van der Waals surface area contributed by atoms with Gasteiger partial charge in [-0.15, -0.1) is 0 Å². The molecule has 0 fully saturated rings. The molecular formula is C14H10Cl3NO2. The quantitative estimate of drug-likeness (QED) is 0.882. The largest absolute Gasteiger partial charge is 0.506 e. The average molecular weight is 331 g/mol. The van der Waals surface area contributed by atoms with E-state index < -0.39 is 5.91 Å². The molecule has 20 heavy (non-hydrogen) atoms. The van der Waals surface area contributed by atoms with Gasteiger partial charge in [0.05, 0.1) is 10.6 Å². The smallest absolute Gasteiger partial charge is 0.255 e. The van der Waals surface area contributed by atoms with E-state index >= 15 is 0 Å². The van der Waals surface area contributed by atoms with Crippen LogP contribution in [-0.4, -0.2) is 11.0 Å². The lowest BCUT2D eigenvalue weighted by atomic mass is 10.1. The van der Waals surface area contributed by atoms with Gasteiger partial charge >= 0.3 is 0 Å². The van der Waals surface area contributed by atoms with Gasteiger partial charge in [-0.2, -0.15) is 0 Å². The van der Waals surface area contributed by atoms with E-state index in [9.17, 15) is 9.90 Å². The fourth-order valence-corrected chi connectivity index (χ4v) is 2.24. The van der Waals surface area contributed by atoms with Crippen LogP contribution < -0.4 is 5.32 Å². The lowest BCUT2D eigenvalue weighted by Gasteiger charge is -2.08. The van der Waals surface area contributed by atoms with Gasteiger partial charge in [0, 0.05) is 16.6 Å². The maximum absolute atomic E-state index is 12.0. The van der Waals surface area contributed by atoms with Crippen LogP contribution in [-0.2, 0) is 6.54 Å². The highest BCUT2D eigenvalue weighted by Gasteiger charge is 2.15. The fourth-order valence-electron chi connectivity index (χ4n) is 1.62. The molecule has 2 aromatic rings. The third-order valence-corrected chi connectivity index (χ3v) is 3.40. The van der Waals surface area contributed by atoms with Crippen LogP contribution in [0.3, 0.4) is 0 Å². The van der Waals surface area contributed by atoms with Gasteiger partial charge in [-0.25, -0.2) is 0 Å². The zero-order valence-corrected chi connectivity index (χ0v) is 12.4. The molecule has 104 valence electrons. The van der Waals surface area contributed by atoms with Crippen molar-refractivity contribution < 1.29 is 9.90 Å². The number of benzene rings is 2. The Morgan fingerprint density at radius 3 is 2.35 bits per heavy atom. The molecule has 0 bridgehead atoms. The summed E-state index contributed by atoms with van der Waals surface area (Å²) in [6, 6.07) is 9.79. The SMILES string of the molecule is O=C(NCc1ccc(Cl)cc1)c1cc(Cl)cc(Cl)c1O. The zero-order chi connectivity index (χ0) is 14.7. The van der Waals surface area contributed by atoms with Gasteiger partial charge in [-0.3, -0.25) is 4.79 Å². The Kier molecular flexibility index (Phi) is 4.76. The van der Waals surface area contributed by atoms with Crippen molar-refractivity contribution in [2.24, 2.45) is 0 Å². The van der Waals surface area contributed by atoms with E-state index in [4.69, 9.17) is 34.8 Å². The maximum Gasteiger partial charge on any atom is 0.255 e. The highest BCUT2D eigenvalue weighted by Crippen LogP contribution is 2.31. The van der Waals surface area contributed by atoms with Crippen molar-refractivity contribution in [3.63, 3.8) is 0 Å². The van der Waals surface area contributed by atoms with Crippen molar-refractivity contribution in [3.05, 3.63) is 62.6 Å².